The van der Waals surface area contributed by atoms with E-state index in [9.17, 15) is 14.4 Å². The Bertz CT molecular complexity index is 802. The van der Waals surface area contributed by atoms with Gasteiger partial charge in [0.05, 0.1) is 22.9 Å². The Morgan fingerprint density at radius 2 is 1.86 bits per heavy atom. The fraction of sp³-hybridized carbons (Fsp3) is 0.357. The Kier molecular flexibility index (Phi) is 2.69. The number of hydrogen-bond donors (Lipinski definition) is 4. The van der Waals surface area contributed by atoms with Gasteiger partial charge in [-0.15, -0.1) is 0 Å². The number of benzene rings is 1. The molecule has 1 heterocycles. The van der Waals surface area contributed by atoms with Gasteiger partial charge in [-0.05, 0) is 23.6 Å². The van der Waals surface area contributed by atoms with Crippen molar-refractivity contribution in [3.63, 3.8) is 0 Å². The first kappa shape index (κ1) is 13.4. The minimum Gasteiger partial charge on any atom is -0.481 e. The summed E-state index contributed by atoms with van der Waals surface area (Å²) in [5.41, 5.74) is 0.899. The monoisotopic (exact) mass is 289 g/mol. The smallest absolute Gasteiger partial charge is 0.323 e. The van der Waals surface area contributed by atoms with Crippen LogP contribution < -0.4 is 11.0 Å². The minimum absolute atomic E-state index is 0.315. The summed E-state index contributed by atoms with van der Waals surface area (Å²) in [6.45, 7) is 3.53. The Labute approximate surface area is 119 Å². The van der Waals surface area contributed by atoms with Crippen LogP contribution in [0.15, 0.2) is 23.0 Å². The molecule has 7 nitrogen and oxygen atoms in total. The summed E-state index contributed by atoms with van der Waals surface area (Å²) < 4.78 is 0. The van der Waals surface area contributed by atoms with Crippen LogP contribution in [0.4, 0.5) is 5.69 Å². The van der Waals surface area contributed by atoms with Gasteiger partial charge in [-0.25, -0.2) is 4.79 Å². The molecule has 2 unspecified atom stereocenters. The van der Waals surface area contributed by atoms with Crippen molar-refractivity contribution < 1.29 is 14.7 Å². The number of carbonyl (C=O) groups excluding carboxylic acids is 1. The lowest BCUT2D eigenvalue weighted by Crippen LogP contribution is -2.17. The number of carbonyl (C=O) groups is 2. The summed E-state index contributed by atoms with van der Waals surface area (Å²) in [6, 6.07) is 4.97. The van der Waals surface area contributed by atoms with Crippen molar-refractivity contribution in [2.75, 3.05) is 5.32 Å². The molecule has 1 aromatic heterocycles. The highest BCUT2D eigenvalue weighted by Gasteiger charge is 2.65. The third-order valence-corrected chi connectivity index (χ3v) is 4.16. The molecule has 2 aromatic rings. The van der Waals surface area contributed by atoms with Gasteiger partial charge in [-0.1, -0.05) is 13.8 Å². The molecule has 110 valence electrons. The molecule has 0 bridgehead atoms. The second kappa shape index (κ2) is 4.21. The van der Waals surface area contributed by atoms with Crippen LogP contribution in [-0.4, -0.2) is 27.0 Å². The van der Waals surface area contributed by atoms with Crippen molar-refractivity contribution in [2.45, 2.75) is 13.8 Å². The first-order valence-electron chi connectivity index (χ1n) is 6.56. The summed E-state index contributed by atoms with van der Waals surface area (Å²) >= 11 is 0. The van der Waals surface area contributed by atoms with E-state index in [1.807, 2.05) is 0 Å². The lowest BCUT2D eigenvalue weighted by atomic mass is 10.1. The summed E-state index contributed by atoms with van der Waals surface area (Å²) in [5.74, 6) is -2.47. The van der Waals surface area contributed by atoms with Crippen LogP contribution >= 0.6 is 0 Å². The summed E-state index contributed by atoms with van der Waals surface area (Å²) in [5, 5.41) is 11.8. The summed E-state index contributed by atoms with van der Waals surface area (Å²) in [6.07, 6.45) is 0. The molecule has 0 spiro atoms. The van der Waals surface area contributed by atoms with Crippen molar-refractivity contribution in [3.8, 4) is 0 Å². The highest BCUT2D eigenvalue weighted by atomic mass is 16.4. The number of rotatable bonds is 3. The lowest BCUT2D eigenvalue weighted by Gasteiger charge is -2.06. The third-order valence-electron chi connectivity index (χ3n) is 4.16. The maximum atomic E-state index is 12.2. The zero-order valence-electron chi connectivity index (χ0n) is 11.6. The van der Waals surface area contributed by atoms with Crippen molar-refractivity contribution in [1.29, 1.82) is 0 Å². The number of imidazole rings is 1. The number of carboxylic acids is 1. The molecule has 1 amide bonds. The largest absolute Gasteiger partial charge is 0.481 e. The normalized spacial score (nSPS) is 23.0. The molecule has 2 atom stereocenters. The van der Waals surface area contributed by atoms with Gasteiger partial charge < -0.3 is 20.4 Å². The summed E-state index contributed by atoms with van der Waals surface area (Å²) in [4.78, 5) is 39.7. The minimum atomic E-state index is -0.953. The molecule has 1 aromatic carbocycles. The predicted octanol–water partition coefficient (Wildman–Crippen LogP) is 1.15. The van der Waals surface area contributed by atoms with E-state index >= 15 is 0 Å². The second-order valence-electron chi connectivity index (χ2n) is 5.94. The fourth-order valence-electron chi connectivity index (χ4n) is 2.92. The van der Waals surface area contributed by atoms with Gasteiger partial charge in [-0.2, -0.15) is 0 Å². The average molecular weight is 289 g/mol. The molecule has 0 radical (unpaired) electrons. The number of hydrogen-bond acceptors (Lipinski definition) is 3. The van der Waals surface area contributed by atoms with E-state index < -0.39 is 23.2 Å². The number of aromatic amines is 2. The summed E-state index contributed by atoms with van der Waals surface area (Å²) in [7, 11) is 0. The van der Waals surface area contributed by atoms with Crippen molar-refractivity contribution in [3.05, 3.63) is 28.7 Å². The molecule has 1 saturated carbocycles. The first-order valence-corrected chi connectivity index (χ1v) is 6.56. The highest BCUT2D eigenvalue weighted by molar-refractivity contribution is 6.00. The molecule has 0 saturated heterocycles. The average Bonchev–Trinajstić information content (AvgIpc) is 2.77. The first-order chi connectivity index (χ1) is 9.80. The molecule has 21 heavy (non-hydrogen) atoms. The zero-order chi connectivity index (χ0) is 15.4. The Morgan fingerprint density at radius 1 is 1.19 bits per heavy atom. The van der Waals surface area contributed by atoms with E-state index in [2.05, 4.69) is 15.3 Å². The van der Waals surface area contributed by atoms with E-state index in [1.54, 1.807) is 32.0 Å². The van der Waals surface area contributed by atoms with Gasteiger partial charge in [0, 0.05) is 5.69 Å². The van der Waals surface area contributed by atoms with Gasteiger partial charge >= 0.3 is 11.7 Å². The van der Waals surface area contributed by atoms with Crippen molar-refractivity contribution in [1.82, 2.24) is 9.97 Å². The third kappa shape index (κ3) is 2.10. The highest BCUT2D eigenvalue weighted by Crippen LogP contribution is 2.58. The van der Waals surface area contributed by atoms with Crippen LogP contribution in [0.2, 0.25) is 0 Å². The van der Waals surface area contributed by atoms with Crippen molar-refractivity contribution in [2.24, 2.45) is 17.3 Å². The van der Waals surface area contributed by atoms with E-state index in [0.717, 1.165) is 0 Å². The lowest BCUT2D eigenvalue weighted by molar-refractivity contribution is -0.140. The Hall–Kier alpha value is -2.57. The van der Waals surface area contributed by atoms with Crippen LogP contribution in [0.5, 0.6) is 0 Å². The van der Waals surface area contributed by atoms with E-state index in [0.29, 0.717) is 16.7 Å². The van der Waals surface area contributed by atoms with Gasteiger partial charge in [-0.3, -0.25) is 9.59 Å². The van der Waals surface area contributed by atoms with Crippen LogP contribution in [0.1, 0.15) is 13.8 Å². The Morgan fingerprint density at radius 3 is 2.48 bits per heavy atom. The van der Waals surface area contributed by atoms with Crippen LogP contribution in [0.25, 0.3) is 11.0 Å². The van der Waals surface area contributed by atoms with Gasteiger partial charge in [0.15, 0.2) is 0 Å². The number of aliphatic carboxylic acids is 1. The molecule has 4 N–H and O–H groups in total. The molecule has 1 fully saturated rings. The van der Waals surface area contributed by atoms with Crippen molar-refractivity contribution >= 4 is 28.6 Å². The number of H-pyrrole nitrogens is 2. The maximum absolute atomic E-state index is 12.2. The number of carboxylic acid groups (broad SMARTS) is 1. The number of amides is 1. The predicted molar refractivity (Wildman–Crippen MR) is 75.9 cm³/mol. The zero-order valence-corrected chi connectivity index (χ0v) is 11.6. The van der Waals surface area contributed by atoms with Gasteiger partial charge in [0.25, 0.3) is 0 Å². The molecule has 1 aliphatic carbocycles. The van der Waals surface area contributed by atoms with Crippen LogP contribution in [0.3, 0.4) is 0 Å². The molecule has 7 heteroatoms. The van der Waals surface area contributed by atoms with Gasteiger partial charge in [0.2, 0.25) is 5.91 Å². The number of nitrogens with one attached hydrogen (secondary N) is 3. The molecular weight excluding hydrogens is 274 g/mol. The van der Waals surface area contributed by atoms with Gasteiger partial charge in [0.1, 0.15) is 0 Å². The number of anilines is 1. The number of fused-ring (bicyclic) bond motifs is 1. The maximum Gasteiger partial charge on any atom is 0.323 e. The van der Waals surface area contributed by atoms with E-state index in [4.69, 9.17) is 5.11 Å². The van der Waals surface area contributed by atoms with E-state index in [-0.39, 0.29) is 11.6 Å². The number of aromatic nitrogens is 2. The molecule has 0 aliphatic heterocycles. The van der Waals surface area contributed by atoms with E-state index in [1.165, 1.54) is 0 Å². The standard InChI is InChI=1S/C14H15N3O4/c1-14(2)9(10(14)12(19)20)11(18)15-6-3-4-7-8(5-6)17-13(21)16-7/h3-5,9-10H,1-2H3,(H,15,18)(H,19,20)(H2,16,17,21). The SMILES string of the molecule is CC1(C)C(C(=O)O)C1C(=O)Nc1ccc2[nH]c(=O)[nH]c2c1. The van der Waals surface area contributed by atoms with Crippen LogP contribution in [0, 0.1) is 17.3 Å². The molecular formula is C14H15N3O4. The van der Waals surface area contributed by atoms with Crippen LogP contribution in [-0.2, 0) is 9.59 Å². The topological polar surface area (TPSA) is 115 Å². The quantitative estimate of drug-likeness (QED) is 0.678. The second-order valence-corrected chi connectivity index (χ2v) is 5.94. The Balaban J connectivity index is 1.81. The molecule has 1 aliphatic rings. The fourth-order valence-corrected chi connectivity index (χ4v) is 2.92. The molecule has 3 rings (SSSR count).